The molecule has 104 heavy (non-hydrogen) atoms. The molecule has 3 atom stereocenters. The van der Waals surface area contributed by atoms with Crippen molar-refractivity contribution in [1.82, 2.24) is 74.4 Å². The average Bonchev–Trinajstić information content (AvgIpc) is 1.67. The second-order valence-electron chi connectivity index (χ2n) is 20.4. The van der Waals surface area contributed by atoms with Gasteiger partial charge in [-0.1, -0.05) is 33.9 Å². The third-order valence-electron chi connectivity index (χ3n) is 12.8. The van der Waals surface area contributed by atoms with Crippen LogP contribution in [0.4, 0.5) is 92.2 Å². The Labute approximate surface area is 601 Å². The predicted molar refractivity (Wildman–Crippen MR) is 318 cm³/mol. The van der Waals surface area contributed by atoms with Crippen molar-refractivity contribution in [2.45, 2.75) is 141 Å². The van der Waals surface area contributed by atoms with E-state index in [2.05, 4.69) is 79.8 Å². The SMILES string of the molecule is C.C.C.COC(F)(F)c1nnc2ccc(-c3cnc(O[C@H](C)C(F)(F)F)c(F)c3)nn12.C[C@@H](Oc1ncc(-c2ccc3nnc(C(F)(F)Cl)n3n2)cc1F)C(F)(F)F.C[C@@H](Oc1ncc(B2OC(C)(C)C(C)(C)O2)cc1F)C(F)(F)F.FC(F)(Cl)c1nnc2ccc(Cl)nn12.O=[S-](=O)C(F)(F)F.[O]=[Ag]. The summed E-state index contributed by atoms with van der Waals surface area (Å²) in [5.41, 5.74) is -5.98. The fourth-order valence-electron chi connectivity index (χ4n) is 6.92. The number of fused-ring (bicyclic) bond motifs is 3. The molecule has 1 fully saturated rings. The van der Waals surface area contributed by atoms with E-state index in [0.29, 0.717) is 22.9 Å². The molecule has 10 rings (SSSR count). The van der Waals surface area contributed by atoms with Gasteiger partial charge in [-0.2, -0.15) is 108 Å². The van der Waals surface area contributed by atoms with E-state index in [1.807, 2.05) is 27.7 Å². The number of methoxy groups -OCH3 is 1. The Balaban J connectivity index is 0.000000457. The zero-order valence-corrected chi connectivity index (χ0v) is 55.5. The van der Waals surface area contributed by atoms with Gasteiger partial charge in [-0.05, 0) is 126 Å². The number of halogens is 24. The number of rotatable bonds is 13. The van der Waals surface area contributed by atoms with Gasteiger partial charge in [0.05, 0.1) is 22.6 Å². The van der Waals surface area contributed by atoms with E-state index in [9.17, 15) is 92.2 Å². The zero-order valence-electron chi connectivity index (χ0n) is 50.9. The van der Waals surface area contributed by atoms with Crippen LogP contribution in [0.5, 0.6) is 17.6 Å². The second kappa shape index (κ2) is 35.6. The van der Waals surface area contributed by atoms with Crippen LogP contribution < -0.4 is 19.7 Å². The Kier molecular flexibility index (Phi) is 31.7. The summed E-state index contributed by atoms with van der Waals surface area (Å²) >= 11 is 16.9. The molecule has 0 aromatic carbocycles. The van der Waals surface area contributed by atoms with E-state index in [0.717, 1.165) is 49.1 Å². The van der Waals surface area contributed by atoms with Crippen LogP contribution in [0.25, 0.3) is 39.5 Å². The molecule has 1 aliphatic heterocycles. The molecule has 9 aromatic rings. The minimum atomic E-state index is -5.08. The van der Waals surface area contributed by atoms with E-state index < -0.39 is 141 Å². The molecule has 581 valence electrons. The van der Waals surface area contributed by atoms with Crippen molar-refractivity contribution < 1.29 is 153 Å². The Morgan fingerprint density at radius 1 is 0.500 bits per heavy atom. The maximum atomic E-state index is 14.1. The van der Waals surface area contributed by atoms with Gasteiger partial charge >= 0.3 is 72.3 Å². The number of hydrogen-bond donors (Lipinski definition) is 0. The fourth-order valence-corrected chi connectivity index (χ4v) is 7.29. The molecule has 1 saturated heterocycles. The Bertz CT molecular complexity index is 4400. The Morgan fingerprint density at radius 3 is 1.12 bits per heavy atom. The molecule has 0 unspecified atom stereocenters. The summed E-state index contributed by atoms with van der Waals surface area (Å²) in [5.74, 6) is -8.40. The van der Waals surface area contributed by atoms with Crippen LogP contribution in [0.3, 0.4) is 0 Å². The van der Waals surface area contributed by atoms with Crippen molar-refractivity contribution in [1.29, 1.82) is 0 Å². The summed E-state index contributed by atoms with van der Waals surface area (Å²) in [6.07, 6.45) is -21.3. The fraction of sp³-hybridized carbons (Fsp3) is 0.434. The summed E-state index contributed by atoms with van der Waals surface area (Å²) in [6.45, 7) is 9.51. The van der Waals surface area contributed by atoms with Gasteiger partial charge in [-0.3, -0.25) is 0 Å². The summed E-state index contributed by atoms with van der Waals surface area (Å²) in [6, 6.07) is 10.7. The molecule has 0 amide bonds. The molecule has 10 heterocycles. The Hall–Kier alpha value is -7.66. The summed E-state index contributed by atoms with van der Waals surface area (Å²) in [7, 11) is -4.01. The third-order valence-corrected chi connectivity index (χ3v) is 13.7. The maximum absolute atomic E-state index is 14.1. The van der Waals surface area contributed by atoms with Crippen LogP contribution in [0, 0.1) is 17.5 Å². The number of pyridine rings is 3. The normalized spacial score (nSPS) is 14.5. The number of ether oxygens (including phenoxy) is 4. The molecular weight excluding hydrogens is 1650 g/mol. The van der Waals surface area contributed by atoms with E-state index in [1.54, 1.807) is 21.0 Å². The van der Waals surface area contributed by atoms with E-state index >= 15 is 0 Å². The molecule has 0 saturated carbocycles. The first kappa shape index (κ1) is 92.4. The van der Waals surface area contributed by atoms with Gasteiger partial charge in [0.25, 0.3) is 23.5 Å². The predicted octanol–water partition coefficient (Wildman–Crippen LogP) is 14.8. The van der Waals surface area contributed by atoms with Crippen molar-refractivity contribution >= 4 is 75.0 Å². The number of hydrogen-bond acceptors (Lipinski definition) is 22. The van der Waals surface area contributed by atoms with Crippen molar-refractivity contribution in [3.63, 3.8) is 0 Å². The monoisotopic (exact) mass is 1700 g/mol. The first-order chi connectivity index (χ1) is 46.2. The molecule has 0 aliphatic carbocycles. The first-order valence-corrected chi connectivity index (χ1v) is 29.3. The molecule has 51 heteroatoms. The quantitative estimate of drug-likeness (QED) is 0.0449. The Morgan fingerprint density at radius 2 is 0.808 bits per heavy atom. The molecule has 0 bridgehead atoms. The summed E-state index contributed by atoms with van der Waals surface area (Å²) in [4.78, 5) is 10.6. The standard InChI is InChI=1S/C15H11F6N5O2.C14H18BF4NO3.C14H8ClF6N5O.C6H2Cl2F2N4.CF3O2S.3CH4.Ag.O/c1-7(14(17,18)19)28-12-9(16)5-8(6-22-12)10-3-4-11-23-24-13(26(11)25-10)15(20,21)27-2;1-8(14(17,18)19)21-11-10(16)6-9(7-20-11)15-22-12(2,3)13(4,5)23-15;1-6(14(19,20)21)27-11-8(16)4-7(5-22-11)9-2-3-10-23-24-12(13(15,17)18)26(10)25-9;7-3-1-2-4-11-12-5(6(8,9)10)14(4)13-3;2-1(3,4)7(5)6;;;;;/h3-7H,1-2H3;6-8H,1-5H3;2-6H,1H3;1-2H;;3*1H4;;/q;;;;-1;;;;;/t7-;8-;6-;;;;;;;/m111......./s1. The van der Waals surface area contributed by atoms with Crippen LogP contribution in [0.15, 0.2) is 73.2 Å². The molecule has 24 nitrogen and oxygen atoms in total. The van der Waals surface area contributed by atoms with Gasteiger partial charge in [0.15, 0.2) is 52.7 Å². The molecule has 0 radical (unpaired) electrons. The second-order valence-corrected chi connectivity index (χ2v) is 22.7. The van der Waals surface area contributed by atoms with Gasteiger partial charge in [0, 0.05) is 53.0 Å². The molecule has 0 spiro atoms. The first-order valence-electron chi connectivity index (χ1n) is 26.5. The zero-order chi connectivity index (χ0) is 76.7. The number of nitrogens with zero attached hydrogens (tertiary/aromatic N) is 15. The van der Waals surface area contributed by atoms with Crippen LogP contribution in [-0.2, 0) is 74.3 Å². The summed E-state index contributed by atoms with van der Waals surface area (Å²) in [5, 5.41) is 24.2. The van der Waals surface area contributed by atoms with Gasteiger partial charge < -0.3 is 36.7 Å². The van der Waals surface area contributed by atoms with Crippen molar-refractivity contribution in [2.75, 3.05) is 7.11 Å². The van der Waals surface area contributed by atoms with Crippen molar-refractivity contribution in [3.05, 3.63) is 113 Å². The third kappa shape index (κ3) is 23.9. The van der Waals surface area contributed by atoms with E-state index in [1.165, 1.54) is 42.6 Å². The topological polar surface area (TPSA) is 274 Å². The van der Waals surface area contributed by atoms with E-state index in [4.69, 9.17) is 55.8 Å². The number of alkyl halides is 20. The van der Waals surface area contributed by atoms with E-state index in [-0.39, 0.29) is 72.4 Å². The van der Waals surface area contributed by atoms with Crippen LogP contribution in [0.1, 0.15) is 88.2 Å². The van der Waals surface area contributed by atoms with Crippen LogP contribution in [-0.4, -0.2) is 142 Å². The summed E-state index contributed by atoms with van der Waals surface area (Å²) < 4.78 is 323. The molecular formula is C53H51AgBCl3F21N15O9S-. The van der Waals surface area contributed by atoms with Gasteiger partial charge in [0.2, 0.25) is 11.6 Å². The van der Waals surface area contributed by atoms with Gasteiger partial charge in [-0.15, -0.1) is 30.6 Å². The van der Waals surface area contributed by atoms with Gasteiger partial charge in [0.1, 0.15) is 5.15 Å². The molecule has 0 N–H and O–H groups in total. The average molecular weight is 1700 g/mol. The van der Waals surface area contributed by atoms with Crippen molar-refractivity contribution in [3.8, 4) is 40.2 Å². The minimum absolute atomic E-state index is 0. The van der Waals surface area contributed by atoms with Crippen LogP contribution >= 0.6 is 34.8 Å². The van der Waals surface area contributed by atoms with Crippen LogP contribution in [0.2, 0.25) is 5.15 Å². The molecule has 1 aliphatic rings. The number of aromatic nitrogens is 15. The van der Waals surface area contributed by atoms with Gasteiger partial charge in [-0.25, -0.2) is 28.1 Å². The van der Waals surface area contributed by atoms with Crippen molar-refractivity contribution in [2.24, 2.45) is 0 Å². The molecule has 9 aromatic heterocycles.